The Morgan fingerprint density at radius 2 is 2.00 bits per heavy atom. The summed E-state index contributed by atoms with van der Waals surface area (Å²) in [7, 11) is 0. The zero-order valence-electron chi connectivity index (χ0n) is 12.0. The van der Waals surface area contributed by atoms with Crippen molar-refractivity contribution in [3.8, 4) is 0 Å². The molecule has 0 atom stereocenters. The summed E-state index contributed by atoms with van der Waals surface area (Å²) in [5.74, 6) is 0. The molecule has 1 aliphatic rings. The maximum Gasteiger partial charge on any atom is 0.185 e. The zero-order chi connectivity index (χ0) is 14.9. The van der Waals surface area contributed by atoms with Crippen LogP contribution in [0.2, 0.25) is 5.02 Å². The molecule has 3 aromatic heterocycles. The van der Waals surface area contributed by atoms with E-state index in [1.54, 1.807) is 11.3 Å². The molecule has 5 nitrogen and oxygen atoms in total. The monoisotopic (exact) mass is 333 g/mol. The Labute approximate surface area is 137 Å². The van der Waals surface area contributed by atoms with Crippen LogP contribution in [0.3, 0.4) is 0 Å². The molecule has 0 aliphatic carbocycles. The van der Waals surface area contributed by atoms with E-state index in [1.807, 2.05) is 34.3 Å². The Morgan fingerprint density at radius 3 is 2.77 bits per heavy atom. The van der Waals surface area contributed by atoms with E-state index in [1.165, 1.54) is 0 Å². The molecule has 0 saturated carbocycles. The zero-order valence-corrected chi connectivity index (χ0v) is 13.6. The highest BCUT2D eigenvalue weighted by molar-refractivity contribution is 7.13. The summed E-state index contributed by atoms with van der Waals surface area (Å²) < 4.78 is 1.99. The van der Waals surface area contributed by atoms with Gasteiger partial charge in [0.25, 0.3) is 0 Å². The highest BCUT2D eigenvalue weighted by Gasteiger charge is 2.19. The molecule has 1 saturated heterocycles. The number of nitrogens with zero attached hydrogens (tertiary/aromatic N) is 5. The molecule has 1 aliphatic heterocycles. The summed E-state index contributed by atoms with van der Waals surface area (Å²) in [4.78, 5) is 13.8. The van der Waals surface area contributed by atoms with Crippen molar-refractivity contribution in [2.45, 2.75) is 6.54 Å². The molecule has 114 valence electrons. The predicted octanol–water partition coefficient (Wildman–Crippen LogP) is 2.77. The molecule has 22 heavy (non-hydrogen) atoms. The molecule has 0 bridgehead atoms. The lowest BCUT2D eigenvalue weighted by Gasteiger charge is -2.34. The summed E-state index contributed by atoms with van der Waals surface area (Å²) in [6.45, 7) is 4.99. The number of pyridine rings is 1. The summed E-state index contributed by atoms with van der Waals surface area (Å²) >= 11 is 7.72. The SMILES string of the molecule is Clc1ccc2nc(CN3CCN(c4nccs4)CC3)cn2c1. The fourth-order valence-electron chi connectivity index (χ4n) is 2.79. The number of hydrogen-bond donors (Lipinski definition) is 0. The first kappa shape index (κ1) is 14.0. The van der Waals surface area contributed by atoms with Crippen molar-refractivity contribution in [1.29, 1.82) is 0 Å². The van der Waals surface area contributed by atoms with E-state index < -0.39 is 0 Å². The lowest BCUT2D eigenvalue weighted by atomic mass is 10.3. The van der Waals surface area contributed by atoms with Gasteiger partial charge in [0, 0.05) is 56.7 Å². The molecule has 0 amide bonds. The van der Waals surface area contributed by atoms with Gasteiger partial charge in [0.05, 0.1) is 10.7 Å². The second-order valence-corrected chi connectivity index (χ2v) is 6.73. The predicted molar refractivity (Wildman–Crippen MR) is 89.8 cm³/mol. The first-order valence-corrected chi connectivity index (χ1v) is 8.54. The molecule has 0 N–H and O–H groups in total. The lowest BCUT2D eigenvalue weighted by molar-refractivity contribution is 0.247. The van der Waals surface area contributed by atoms with Crippen LogP contribution in [-0.4, -0.2) is 45.4 Å². The number of aromatic nitrogens is 3. The normalized spacial score (nSPS) is 16.5. The van der Waals surface area contributed by atoms with Crippen LogP contribution in [0, 0.1) is 0 Å². The molecular weight excluding hydrogens is 318 g/mol. The number of thiazole rings is 1. The first-order valence-electron chi connectivity index (χ1n) is 7.28. The maximum absolute atomic E-state index is 6.02. The number of anilines is 1. The number of fused-ring (bicyclic) bond motifs is 1. The Morgan fingerprint density at radius 1 is 1.14 bits per heavy atom. The molecule has 1 fully saturated rings. The largest absolute Gasteiger partial charge is 0.346 e. The van der Waals surface area contributed by atoms with Gasteiger partial charge in [0.2, 0.25) is 0 Å². The molecule has 4 heterocycles. The molecular formula is C15H16ClN5S. The van der Waals surface area contributed by atoms with Crippen LogP contribution in [0.1, 0.15) is 5.69 Å². The highest BCUT2D eigenvalue weighted by Crippen LogP contribution is 2.20. The van der Waals surface area contributed by atoms with E-state index in [9.17, 15) is 0 Å². The van der Waals surface area contributed by atoms with Crippen molar-refractivity contribution in [2.24, 2.45) is 0 Å². The van der Waals surface area contributed by atoms with Crippen LogP contribution < -0.4 is 4.90 Å². The van der Waals surface area contributed by atoms with Crippen molar-refractivity contribution in [3.63, 3.8) is 0 Å². The molecule has 7 heteroatoms. The van der Waals surface area contributed by atoms with E-state index in [0.29, 0.717) is 0 Å². The third-order valence-corrected chi connectivity index (χ3v) is 4.97. The van der Waals surface area contributed by atoms with Gasteiger partial charge < -0.3 is 9.30 Å². The van der Waals surface area contributed by atoms with Gasteiger partial charge in [0.1, 0.15) is 5.65 Å². The molecule has 0 aromatic carbocycles. The van der Waals surface area contributed by atoms with Crippen LogP contribution in [0.15, 0.2) is 36.1 Å². The van der Waals surface area contributed by atoms with Crippen LogP contribution in [0.4, 0.5) is 5.13 Å². The standard InChI is InChI=1S/C15H16ClN5S/c16-12-1-2-14-18-13(11-21(14)9-12)10-19-4-6-20(7-5-19)15-17-3-8-22-15/h1-3,8-9,11H,4-7,10H2. The average molecular weight is 334 g/mol. The average Bonchev–Trinajstić information content (AvgIpc) is 3.16. The number of halogens is 1. The lowest BCUT2D eigenvalue weighted by Crippen LogP contribution is -2.45. The molecule has 3 aromatic rings. The summed E-state index contributed by atoms with van der Waals surface area (Å²) in [5.41, 5.74) is 2.03. The Balaban J connectivity index is 1.41. The first-order chi connectivity index (χ1) is 10.8. The third kappa shape index (κ3) is 2.82. The second kappa shape index (κ2) is 5.87. The maximum atomic E-state index is 6.02. The van der Waals surface area contributed by atoms with E-state index in [4.69, 9.17) is 11.6 Å². The molecule has 0 spiro atoms. The van der Waals surface area contributed by atoms with Gasteiger partial charge in [-0.3, -0.25) is 4.90 Å². The fourth-order valence-corrected chi connectivity index (χ4v) is 3.66. The van der Waals surface area contributed by atoms with Crippen molar-refractivity contribution in [1.82, 2.24) is 19.3 Å². The van der Waals surface area contributed by atoms with E-state index >= 15 is 0 Å². The minimum Gasteiger partial charge on any atom is -0.346 e. The van der Waals surface area contributed by atoms with Gasteiger partial charge in [0.15, 0.2) is 5.13 Å². The minimum absolute atomic E-state index is 0.730. The Bertz CT molecular complexity index is 761. The van der Waals surface area contributed by atoms with E-state index in [2.05, 4.69) is 26.0 Å². The van der Waals surface area contributed by atoms with Gasteiger partial charge in [-0.15, -0.1) is 11.3 Å². The van der Waals surface area contributed by atoms with Gasteiger partial charge >= 0.3 is 0 Å². The van der Waals surface area contributed by atoms with Crippen LogP contribution >= 0.6 is 22.9 Å². The van der Waals surface area contributed by atoms with Crippen molar-refractivity contribution < 1.29 is 0 Å². The highest BCUT2D eigenvalue weighted by atomic mass is 35.5. The third-order valence-electron chi connectivity index (χ3n) is 3.91. The van der Waals surface area contributed by atoms with Gasteiger partial charge in [-0.25, -0.2) is 9.97 Å². The summed E-state index contributed by atoms with van der Waals surface area (Å²) in [6, 6.07) is 3.83. The molecule has 0 unspecified atom stereocenters. The Hall–Kier alpha value is -1.63. The summed E-state index contributed by atoms with van der Waals surface area (Å²) in [6.07, 6.45) is 5.83. The molecule has 4 rings (SSSR count). The molecule has 0 radical (unpaired) electrons. The van der Waals surface area contributed by atoms with Crippen LogP contribution in [0.5, 0.6) is 0 Å². The van der Waals surface area contributed by atoms with Gasteiger partial charge in [-0.2, -0.15) is 0 Å². The number of imidazole rings is 1. The van der Waals surface area contributed by atoms with Crippen molar-refractivity contribution in [3.05, 3.63) is 46.8 Å². The van der Waals surface area contributed by atoms with Crippen molar-refractivity contribution in [2.75, 3.05) is 31.1 Å². The van der Waals surface area contributed by atoms with Gasteiger partial charge in [-0.05, 0) is 12.1 Å². The summed E-state index contributed by atoms with van der Waals surface area (Å²) in [5, 5.41) is 3.89. The van der Waals surface area contributed by atoms with Crippen LogP contribution in [-0.2, 0) is 6.54 Å². The number of hydrogen-bond acceptors (Lipinski definition) is 5. The number of rotatable bonds is 3. The van der Waals surface area contributed by atoms with Gasteiger partial charge in [-0.1, -0.05) is 11.6 Å². The van der Waals surface area contributed by atoms with Crippen LogP contribution in [0.25, 0.3) is 5.65 Å². The second-order valence-electron chi connectivity index (χ2n) is 5.42. The quantitative estimate of drug-likeness (QED) is 0.738. The van der Waals surface area contributed by atoms with E-state index in [-0.39, 0.29) is 0 Å². The topological polar surface area (TPSA) is 36.7 Å². The number of piperazine rings is 1. The minimum atomic E-state index is 0.730. The smallest absolute Gasteiger partial charge is 0.185 e. The Kier molecular flexibility index (Phi) is 3.73. The van der Waals surface area contributed by atoms with Crippen molar-refractivity contribution >= 4 is 33.7 Å². The van der Waals surface area contributed by atoms with E-state index in [0.717, 1.165) is 54.2 Å². The fraction of sp³-hybridized carbons (Fsp3) is 0.333.